The molecule has 1 aromatic rings. The van der Waals surface area contributed by atoms with Crippen molar-refractivity contribution in [3.8, 4) is 0 Å². The van der Waals surface area contributed by atoms with E-state index in [0.717, 1.165) is 17.0 Å². The monoisotopic (exact) mass is 365 g/mol. The Kier molecular flexibility index (Phi) is 5.49. The number of halogens is 1. The summed E-state index contributed by atoms with van der Waals surface area (Å²) in [5.74, 6) is 0.0741. The first-order chi connectivity index (χ1) is 12.0. The highest BCUT2D eigenvalue weighted by atomic mass is 35.5. The molecule has 1 saturated heterocycles. The second-order valence-electron chi connectivity index (χ2n) is 6.53. The van der Waals surface area contributed by atoms with E-state index < -0.39 is 0 Å². The van der Waals surface area contributed by atoms with E-state index in [9.17, 15) is 4.79 Å². The molecule has 3 rings (SSSR count). The van der Waals surface area contributed by atoms with Gasteiger partial charge in [0.05, 0.1) is 12.7 Å². The maximum Gasteiger partial charge on any atom is 0.157 e. The number of hydrogen-bond acceptors (Lipinski definition) is 5. The van der Waals surface area contributed by atoms with Crippen LogP contribution < -0.4 is 4.90 Å². The van der Waals surface area contributed by atoms with E-state index in [0.29, 0.717) is 18.1 Å². The summed E-state index contributed by atoms with van der Waals surface area (Å²) in [6, 6.07) is 7.58. The molecule has 0 aromatic heterocycles. The van der Waals surface area contributed by atoms with Crippen molar-refractivity contribution in [3.05, 3.63) is 40.6 Å². The fourth-order valence-corrected chi connectivity index (χ4v) is 4.23. The van der Waals surface area contributed by atoms with Crippen molar-refractivity contribution in [3.63, 3.8) is 0 Å². The van der Waals surface area contributed by atoms with Crippen molar-refractivity contribution in [2.45, 2.75) is 38.7 Å². The van der Waals surface area contributed by atoms with Crippen LogP contribution in [0.3, 0.4) is 0 Å². The van der Waals surface area contributed by atoms with Crippen LogP contribution in [0.25, 0.3) is 0 Å². The van der Waals surface area contributed by atoms with Crippen molar-refractivity contribution in [1.29, 1.82) is 0 Å². The molecule has 1 aromatic carbocycles. The molecule has 0 radical (unpaired) electrons. The molecule has 2 heterocycles. The predicted octanol–water partition coefficient (Wildman–Crippen LogP) is 3.42. The number of Topliss-reactive ketones (excluding diaryl/α,β-unsaturated/α-hetero) is 1. The van der Waals surface area contributed by atoms with Crippen molar-refractivity contribution in [2.24, 2.45) is 5.92 Å². The molecule has 2 bridgehead atoms. The van der Waals surface area contributed by atoms with Crippen LogP contribution in [0.5, 0.6) is 0 Å². The molecular weight excluding hydrogens is 342 g/mol. The van der Waals surface area contributed by atoms with Crippen LogP contribution in [0.2, 0.25) is 5.02 Å². The average molecular weight is 366 g/mol. The zero-order valence-electron chi connectivity index (χ0n) is 15.0. The van der Waals surface area contributed by atoms with E-state index in [1.807, 2.05) is 31.2 Å². The van der Waals surface area contributed by atoms with Gasteiger partial charge >= 0.3 is 0 Å². The molecule has 136 valence electrons. The minimum Gasteiger partial charge on any atom is -0.382 e. The van der Waals surface area contributed by atoms with E-state index in [1.54, 1.807) is 21.1 Å². The molecule has 2 aliphatic rings. The molecular formula is C19H24ClNO4. The van der Waals surface area contributed by atoms with Crippen LogP contribution in [0.4, 0.5) is 5.69 Å². The molecule has 0 aliphatic carbocycles. The van der Waals surface area contributed by atoms with Gasteiger partial charge in [-0.25, -0.2) is 0 Å². The van der Waals surface area contributed by atoms with E-state index in [4.69, 9.17) is 25.8 Å². The summed E-state index contributed by atoms with van der Waals surface area (Å²) in [6.07, 6.45) is 0.113. The minimum absolute atomic E-state index is 0.00458. The lowest BCUT2D eigenvalue weighted by Crippen LogP contribution is -2.57. The van der Waals surface area contributed by atoms with Gasteiger partial charge in [-0.05, 0) is 38.1 Å². The number of allylic oxidation sites excluding steroid dienone is 1. The molecule has 0 amide bonds. The molecule has 6 heteroatoms. The first kappa shape index (κ1) is 18.4. The molecule has 4 atom stereocenters. The van der Waals surface area contributed by atoms with Gasteiger partial charge in [0.2, 0.25) is 0 Å². The quantitative estimate of drug-likeness (QED) is 0.800. The molecule has 0 N–H and O–H groups in total. The highest BCUT2D eigenvalue weighted by Crippen LogP contribution is 2.43. The van der Waals surface area contributed by atoms with Crippen LogP contribution in [0, 0.1) is 5.92 Å². The lowest BCUT2D eigenvalue weighted by Gasteiger charge is -2.50. The Hall–Kier alpha value is -1.40. The smallest absolute Gasteiger partial charge is 0.157 e. The lowest BCUT2D eigenvalue weighted by molar-refractivity contribution is -0.169. The minimum atomic E-state index is -0.226. The third-order valence-electron chi connectivity index (χ3n) is 5.05. The van der Waals surface area contributed by atoms with Gasteiger partial charge in [-0.15, -0.1) is 0 Å². The van der Waals surface area contributed by atoms with Crippen molar-refractivity contribution in [2.75, 3.05) is 25.7 Å². The van der Waals surface area contributed by atoms with Crippen LogP contribution >= 0.6 is 11.6 Å². The van der Waals surface area contributed by atoms with Gasteiger partial charge in [0.1, 0.15) is 12.3 Å². The lowest BCUT2D eigenvalue weighted by atomic mass is 9.78. The average Bonchev–Trinajstić information content (AvgIpc) is 2.56. The first-order valence-corrected chi connectivity index (χ1v) is 8.79. The Morgan fingerprint density at radius 3 is 2.56 bits per heavy atom. The number of carbonyl (C=O) groups is 1. The van der Waals surface area contributed by atoms with Gasteiger partial charge in [-0.1, -0.05) is 11.6 Å². The topological polar surface area (TPSA) is 48.0 Å². The fraction of sp³-hybridized carbons (Fsp3) is 0.526. The summed E-state index contributed by atoms with van der Waals surface area (Å²) in [5.41, 5.74) is 2.67. The number of carbonyl (C=O) groups excluding carboxylic acids is 1. The molecule has 25 heavy (non-hydrogen) atoms. The summed E-state index contributed by atoms with van der Waals surface area (Å²) in [6.45, 7) is 4.01. The second kappa shape index (κ2) is 7.46. The normalized spacial score (nSPS) is 29.1. The number of ketones is 1. The fourth-order valence-electron chi connectivity index (χ4n) is 4.10. The number of ether oxygens (including phenoxy) is 3. The zero-order chi connectivity index (χ0) is 18.1. The van der Waals surface area contributed by atoms with Crippen LogP contribution in [-0.4, -0.2) is 45.0 Å². The van der Waals surface area contributed by atoms with E-state index in [2.05, 4.69) is 4.90 Å². The van der Waals surface area contributed by atoms with Gasteiger partial charge < -0.3 is 19.1 Å². The standard InChI is InChI=1S/C19H24ClNO4/c1-11-18(12(2)22)15-9-17(25-16(10-23-3)19(15)24-4)21(11)14-7-5-13(20)6-8-14/h5-8,15-17,19H,9-10H2,1-4H3/t15?,16-,17?,19+/m1/s1. The Bertz CT molecular complexity index is 673. The summed E-state index contributed by atoms with van der Waals surface area (Å²) in [5, 5.41) is 0.674. The van der Waals surface area contributed by atoms with E-state index in [1.165, 1.54) is 0 Å². The highest BCUT2D eigenvalue weighted by Gasteiger charge is 2.48. The summed E-state index contributed by atoms with van der Waals surface area (Å²) < 4.78 is 17.3. The summed E-state index contributed by atoms with van der Waals surface area (Å²) >= 11 is 6.02. The molecule has 5 nitrogen and oxygen atoms in total. The number of nitrogens with zero attached hydrogens (tertiary/aromatic N) is 1. The summed E-state index contributed by atoms with van der Waals surface area (Å²) in [7, 11) is 3.31. The van der Waals surface area contributed by atoms with Crippen LogP contribution in [0.15, 0.2) is 35.5 Å². The maximum absolute atomic E-state index is 12.4. The molecule has 2 aliphatic heterocycles. The van der Waals surface area contributed by atoms with Crippen molar-refractivity contribution in [1.82, 2.24) is 0 Å². The van der Waals surface area contributed by atoms with Crippen molar-refractivity contribution >= 4 is 23.1 Å². The third-order valence-corrected chi connectivity index (χ3v) is 5.30. The maximum atomic E-state index is 12.4. The second-order valence-corrected chi connectivity index (χ2v) is 6.97. The molecule has 0 spiro atoms. The Morgan fingerprint density at radius 1 is 1.32 bits per heavy atom. The van der Waals surface area contributed by atoms with E-state index >= 15 is 0 Å². The largest absolute Gasteiger partial charge is 0.382 e. The molecule has 2 unspecified atom stereocenters. The number of fused-ring (bicyclic) bond motifs is 2. The Balaban J connectivity index is 2.08. The van der Waals surface area contributed by atoms with Crippen LogP contribution in [0.1, 0.15) is 20.3 Å². The Labute approximate surface area is 153 Å². The Morgan fingerprint density at radius 2 is 2.00 bits per heavy atom. The van der Waals surface area contributed by atoms with Gasteiger partial charge in [-0.3, -0.25) is 4.79 Å². The third kappa shape index (κ3) is 3.34. The van der Waals surface area contributed by atoms with Gasteiger partial charge in [-0.2, -0.15) is 0 Å². The van der Waals surface area contributed by atoms with Crippen molar-refractivity contribution < 1.29 is 19.0 Å². The van der Waals surface area contributed by atoms with Gasteiger partial charge in [0.25, 0.3) is 0 Å². The molecule has 1 fully saturated rings. The number of hydrogen-bond donors (Lipinski definition) is 0. The van der Waals surface area contributed by atoms with E-state index in [-0.39, 0.29) is 30.1 Å². The summed E-state index contributed by atoms with van der Waals surface area (Å²) in [4.78, 5) is 14.5. The van der Waals surface area contributed by atoms with Crippen LogP contribution in [-0.2, 0) is 19.0 Å². The first-order valence-electron chi connectivity index (χ1n) is 8.41. The van der Waals surface area contributed by atoms with Gasteiger partial charge in [0.15, 0.2) is 5.78 Å². The number of anilines is 1. The predicted molar refractivity (Wildman–Crippen MR) is 96.8 cm³/mol. The SMILES string of the molecule is COC[C@H]1OC2CC(C(C(C)=O)=C(C)N2c2ccc(Cl)cc2)[C@@H]1OC. The number of benzene rings is 1. The number of methoxy groups -OCH3 is 2. The molecule has 0 saturated carbocycles. The number of rotatable bonds is 5. The zero-order valence-corrected chi connectivity index (χ0v) is 15.7. The highest BCUT2D eigenvalue weighted by molar-refractivity contribution is 6.30. The van der Waals surface area contributed by atoms with Gasteiger partial charge in [0, 0.05) is 48.5 Å².